The number of hydrogen-bond donors (Lipinski definition) is 7. The second kappa shape index (κ2) is 16.9. The monoisotopic (exact) mass is 576 g/mol. The van der Waals surface area contributed by atoms with Crippen molar-refractivity contribution in [1.82, 2.24) is 20.9 Å². The highest BCUT2D eigenvalue weighted by Crippen LogP contribution is 2.19. The van der Waals surface area contributed by atoms with E-state index in [4.69, 9.17) is 11.5 Å². The van der Waals surface area contributed by atoms with Crippen LogP contribution in [0.1, 0.15) is 51.5 Å². The first-order chi connectivity index (χ1) is 19.1. The quantitative estimate of drug-likeness (QED) is 0.130. The summed E-state index contributed by atoms with van der Waals surface area (Å²) in [4.78, 5) is 54.7. The van der Waals surface area contributed by atoms with Crippen LogP contribution in [0.2, 0.25) is 0 Å². The van der Waals surface area contributed by atoms with E-state index in [-0.39, 0.29) is 18.8 Å². The molecule has 2 rings (SSSR count). The number of para-hydroxylation sites is 1. The maximum absolute atomic E-state index is 13.5. The summed E-state index contributed by atoms with van der Waals surface area (Å²) in [5.74, 6) is -1.97. The molecule has 3 amide bonds. The second-order valence-corrected chi connectivity index (χ2v) is 11.4. The molecule has 0 fully saturated rings. The lowest BCUT2D eigenvalue weighted by Crippen LogP contribution is -2.57. The summed E-state index contributed by atoms with van der Waals surface area (Å²) in [6, 6.07) is 3.69. The number of benzene rings is 1. The highest BCUT2D eigenvalue weighted by Gasteiger charge is 2.31. The third-order valence-corrected chi connectivity index (χ3v) is 7.25. The van der Waals surface area contributed by atoms with Crippen LogP contribution in [0.25, 0.3) is 10.9 Å². The lowest BCUT2D eigenvalue weighted by Gasteiger charge is -2.26. The molecule has 9 N–H and O–H groups in total. The molecule has 4 atom stereocenters. The molecule has 0 saturated heterocycles. The van der Waals surface area contributed by atoms with Crippen LogP contribution in [-0.4, -0.2) is 76.5 Å². The Balaban J connectivity index is 2.28. The summed E-state index contributed by atoms with van der Waals surface area (Å²) in [7, 11) is 0. The van der Waals surface area contributed by atoms with Gasteiger partial charge in [0.25, 0.3) is 0 Å². The van der Waals surface area contributed by atoms with Gasteiger partial charge in [-0.3, -0.25) is 14.4 Å². The Kier molecular flexibility index (Phi) is 14.0. The first-order valence-corrected chi connectivity index (χ1v) is 15.1. The molecule has 0 saturated carbocycles. The number of H-pyrrole nitrogens is 1. The van der Waals surface area contributed by atoms with Gasteiger partial charge in [0.05, 0.1) is 6.04 Å². The van der Waals surface area contributed by atoms with E-state index in [0.717, 1.165) is 16.5 Å². The van der Waals surface area contributed by atoms with Gasteiger partial charge in [-0.1, -0.05) is 32.0 Å². The predicted octanol–water partition coefficient (Wildman–Crippen LogP) is 1.50. The van der Waals surface area contributed by atoms with Crippen molar-refractivity contribution in [2.24, 2.45) is 17.4 Å². The number of aromatic nitrogens is 1. The third kappa shape index (κ3) is 10.5. The molecule has 0 aliphatic carbocycles. The van der Waals surface area contributed by atoms with E-state index >= 15 is 0 Å². The van der Waals surface area contributed by atoms with Crippen LogP contribution >= 0.6 is 11.8 Å². The predicted molar refractivity (Wildman–Crippen MR) is 159 cm³/mol. The van der Waals surface area contributed by atoms with Crippen LogP contribution in [0.3, 0.4) is 0 Å². The number of nitrogens with one attached hydrogen (secondary N) is 4. The van der Waals surface area contributed by atoms with Gasteiger partial charge in [0.2, 0.25) is 17.7 Å². The molecule has 40 heavy (non-hydrogen) atoms. The van der Waals surface area contributed by atoms with Crippen molar-refractivity contribution in [2.75, 3.05) is 18.6 Å². The number of amides is 3. The summed E-state index contributed by atoms with van der Waals surface area (Å²) in [5.41, 5.74) is 13.2. The minimum Gasteiger partial charge on any atom is -0.480 e. The Labute approximate surface area is 240 Å². The van der Waals surface area contributed by atoms with E-state index in [1.165, 1.54) is 0 Å². The Bertz CT molecular complexity index is 1120. The van der Waals surface area contributed by atoms with Gasteiger partial charge in [-0.2, -0.15) is 11.8 Å². The zero-order valence-electron chi connectivity index (χ0n) is 23.6. The van der Waals surface area contributed by atoms with Crippen molar-refractivity contribution in [3.8, 4) is 0 Å². The molecular weight excluding hydrogens is 532 g/mol. The molecule has 222 valence electrons. The Morgan fingerprint density at radius 2 is 1.60 bits per heavy atom. The molecule has 1 heterocycles. The van der Waals surface area contributed by atoms with Crippen LogP contribution in [0, 0.1) is 5.92 Å². The molecule has 0 aliphatic rings. The van der Waals surface area contributed by atoms with Crippen LogP contribution in [0.5, 0.6) is 0 Å². The van der Waals surface area contributed by atoms with Crippen LogP contribution in [0.15, 0.2) is 30.5 Å². The lowest BCUT2D eigenvalue weighted by atomic mass is 10.00. The highest BCUT2D eigenvalue weighted by atomic mass is 32.2. The molecular formula is C28H44N6O5S. The minimum atomic E-state index is -1.16. The van der Waals surface area contributed by atoms with E-state index in [9.17, 15) is 24.3 Å². The van der Waals surface area contributed by atoms with Gasteiger partial charge in [0, 0.05) is 23.5 Å². The first-order valence-electron chi connectivity index (χ1n) is 13.7. The number of unbranched alkanes of at least 4 members (excludes halogenated alkanes) is 1. The fourth-order valence-electron chi connectivity index (χ4n) is 4.38. The smallest absolute Gasteiger partial charge is 0.326 e. The van der Waals surface area contributed by atoms with E-state index in [1.54, 1.807) is 18.0 Å². The van der Waals surface area contributed by atoms with Gasteiger partial charge < -0.3 is 37.5 Å². The topological polar surface area (TPSA) is 192 Å². The normalized spacial score (nSPS) is 14.3. The fraction of sp³-hybridized carbons (Fsp3) is 0.571. The van der Waals surface area contributed by atoms with E-state index in [1.807, 2.05) is 44.4 Å². The van der Waals surface area contributed by atoms with Crippen LogP contribution in [-0.2, 0) is 25.6 Å². The van der Waals surface area contributed by atoms with Crippen molar-refractivity contribution >= 4 is 46.4 Å². The number of aliphatic carboxylic acids is 1. The van der Waals surface area contributed by atoms with Crippen LogP contribution in [0.4, 0.5) is 0 Å². The maximum Gasteiger partial charge on any atom is 0.326 e. The molecule has 1 aromatic carbocycles. The zero-order valence-corrected chi connectivity index (χ0v) is 24.4. The first kappa shape index (κ1) is 33.1. The Morgan fingerprint density at radius 1 is 0.950 bits per heavy atom. The van der Waals surface area contributed by atoms with Crippen molar-refractivity contribution < 1.29 is 24.3 Å². The highest BCUT2D eigenvalue weighted by molar-refractivity contribution is 7.98. The molecule has 11 nitrogen and oxygen atoms in total. The fourth-order valence-corrected chi connectivity index (χ4v) is 4.87. The van der Waals surface area contributed by atoms with Gasteiger partial charge in [-0.25, -0.2) is 4.79 Å². The van der Waals surface area contributed by atoms with E-state index in [0.29, 0.717) is 38.0 Å². The van der Waals surface area contributed by atoms with Gasteiger partial charge >= 0.3 is 5.97 Å². The molecule has 0 bridgehead atoms. The molecule has 0 aliphatic heterocycles. The number of fused-ring (bicyclic) bond motifs is 1. The van der Waals surface area contributed by atoms with Gasteiger partial charge in [-0.05, 0) is 68.2 Å². The Hall–Kier alpha value is -3.09. The standard InChI is InChI=1S/C28H44N6O5S/c1-17(2)14-23(33-25(35)20(30)11-13-40-3)26(36)34-24(15-18-16-31-21-9-5-4-8-19(18)21)27(37)32-22(28(38)39)10-6-7-12-29/h4-5,8-9,16-17,20,22-24,31H,6-7,10-15,29-30H2,1-3H3,(H,32,37)(H,33,35)(H,34,36)(H,38,39). The average Bonchev–Trinajstić information content (AvgIpc) is 3.32. The largest absolute Gasteiger partial charge is 0.480 e. The molecule has 0 spiro atoms. The summed E-state index contributed by atoms with van der Waals surface area (Å²) >= 11 is 1.58. The van der Waals surface area contributed by atoms with Crippen molar-refractivity contribution in [3.05, 3.63) is 36.0 Å². The summed E-state index contributed by atoms with van der Waals surface area (Å²) < 4.78 is 0. The number of carbonyl (C=O) groups is 4. The number of aromatic amines is 1. The molecule has 1 aromatic heterocycles. The third-order valence-electron chi connectivity index (χ3n) is 6.60. The van der Waals surface area contributed by atoms with Gasteiger partial charge in [0.1, 0.15) is 18.1 Å². The number of carboxylic acids is 1. The molecule has 4 unspecified atom stereocenters. The average molecular weight is 577 g/mol. The Morgan fingerprint density at radius 3 is 2.25 bits per heavy atom. The number of nitrogens with two attached hydrogens (primary N) is 2. The molecule has 0 radical (unpaired) electrons. The van der Waals surface area contributed by atoms with Crippen molar-refractivity contribution in [3.63, 3.8) is 0 Å². The SMILES string of the molecule is CSCCC(N)C(=O)NC(CC(C)C)C(=O)NC(Cc1c[nH]c2ccccc12)C(=O)NC(CCCCN)C(=O)O. The number of carboxylic acid groups (broad SMARTS) is 1. The summed E-state index contributed by atoms with van der Waals surface area (Å²) in [6.07, 6.45) is 5.99. The van der Waals surface area contributed by atoms with Crippen molar-refractivity contribution in [2.45, 2.75) is 76.5 Å². The molecule has 2 aromatic rings. The number of rotatable bonds is 18. The van der Waals surface area contributed by atoms with Gasteiger partial charge in [-0.15, -0.1) is 0 Å². The van der Waals surface area contributed by atoms with Gasteiger partial charge in [0.15, 0.2) is 0 Å². The van der Waals surface area contributed by atoms with Crippen LogP contribution < -0.4 is 27.4 Å². The second-order valence-electron chi connectivity index (χ2n) is 10.4. The lowest BCUT2D eigenvalue weighted by molar-refractivity contribution is -0.142. The molecule has 12 heteroatoms. The number of carbonyl (C=O) groups excluding carboxylic acids is 3. The zero-order chi connectivity index (χ0) is 29.7. The number of hydrogen-bond acceptors (Lipinski definition) is 7. The van der Waals surface area contributed by atoms with E-state index in [2.05, 4.69) is 20.9 Å². The minimum absolute atomic E-state index is 0.0679. The van der Waals surface area contributed by atoms with Crippen molar-refractivity contribution in [1.29, 1.82) is 0 Å². The summed E-state index contributed by atoms with van der Waals surface area (Å²) in [5, 5.41) is 18.7. The summed E-state index contributed by atoms with van der Waals surface area (Å²) in [6.45, 7) is 4.27. The van der Waals surface area contributed by atoms with E-state index < -0.39 is 47.9 Å². The number of thioether (sulfide) groups is 1. The maximum atomic E-state index is 13.5.